The molecule has 0 fully saturated rings. The maximum atomic E-state index is 11.2. The van der Waals surface area contributed by atoms with E-state index in [1.165, 1.54) is 5.56 Å². The molecule has 0 amide bonds. The van der Waals surface area contributed by atoms with Crippen molar-refractivity contribution in [2.45, 2.75) is 26.0 Å². The van der Waals surface area contributed by atoms with Gasteiger partial charge >= 0.3 is 5.97 Å². The number of carboxylic acid groups (broad SMARTS) is 1. The molecule has 0 aromatic heterocycles. The fraction of sp³-hybridized carbons (Fsp3) is 0.316. The van der Waals surface area contributed by atoms with Gasteiger partial charge < -0.3 is 15.2 Å². The van der Waals surface area contributed by atoms with Crippen molar-refractivity contribution in [1.82, 2.24) is 5.32 Å². The van der Waals surface area contributed by atoms with Crippen molar-refractivity contribution in [3.05, 3.63) is 59.7 Å². The van der Waals surface area contributed by atoms with Gasteiger partial charge in [-0.2, -0.15) is 0 Å². The summed E-state index contributed by atoms with van der Waals surface area (Å²) in [5.74, 6) is -0.921. The molecule has 0 aliphatic heterocycles. The zero-order valence-electron chi connectivity index (χ0n) is 13.6. The van der Waals surface area contributed by atoms with E-state index >= 15 is 0 Å². The van der Waals surface area contributed by atoms with Crippen LogP contribution in [0.3, 0.4) is 0 Å². The first-order valence-electron chi connectivity index (χ1n) is 7.81. The standard InChI is InChI=1S/C19H23NO3/c1-3-23-18(19(21)22)12-14-7-9-16(10-8-14)17-6-4-5-15(11-17)13-20-2/h4-11,18,20H,3,12-13H2,1-2H3,(H,21,22)/t18-/m0/s1. The SMILES string of the molecule is CCO[C@@H](Cc1ccc(-c2cccc(CNC)c2)cc1)C(=O)O. The van der Waals surface area contributed by atoms with Gasteiger partial charge in [0.25, 0.3) is 0 Å². The van der Waals surface area contributed by atoms with Crippen LogP contribution in [-0.2, 0) is 22.5 Å². The summed E-state index contributed by atoms with van der Waals surface area (Å²) in [5.41, 5.74) is 4.47. The van der Waals surface area contributed by atoms with Crippen molar-refractivity contribution >= 4 is 5.97 Å². The van der Waals surface area contributed by atoms with Gasteiger partial charge in [-0.05, 0) is 42.3 Å². The monoisotopic (exact) mass is 313 g/mol. The quantitative estimate of drug-likeness (QED) is 0.786. The molecule has 0 aliphatic carbocycles. The number of hydrogen-bond donors (Lipinski definition) is 2. The Morgan fingerprint density at radius 2 is 1.87 bits per heavy atom. The van der Waals surface area contributed by atoms with E-state index in [0.717, 1.165) is 23.2 Å². The molecule has 0 unspecified atom stereocenters. The molecule has 2 N–H and O–H groups in total. The minimum absolute atomic E-state index is 0.378. The van der Waals surface area contributed by atoms with E-state index in [9.17, 15) is 4.79 Å². The largest absolute Gasteiger partial charge is 0.479 e. The molecule has 2 aromatic carbocycles. The average molecular weight is 313 g/mol. The van der Waals surface area contributed by atoms with Crippen LogP contribution in [0.1, 0.15) is 18.1 Å². The smallest absolute Gasteiger partial charge is 0.333 e. The Bertz CT molecular complexity index is 637. The Hall–Kier alpha value is -2.17. The summed E-state index contributed by atoms with van der Waals surface area (Å²) < 4.78 is 5.26. The van der Waals surface area contributed by atoms with Crippen LogP contribution in [0.15, 0.2) is 48.5 Å². The summed E-state index contributed by atoms with van der Waals surface area (Å²) in [6, 6.07) is 16.4. The fourth-order valence-corrected chi connectivity index (χ4v) is 2.53. The number of ether oxygens (including phenoxy) is 1. The van der Waals surface area contributed by atoms with Crippen LogP contribution < -0.4 is 5.32 Å². The van der Waals surface area contributed by atoms with Crippen LogP contribution in [0.4, 0.5) is 0 Å². The number of carbonyl (C=O) groups is 1. The second-order valence-electron chi connectivity index (χ2n) is 5.41. The van der Waals surface area contributed by atoms with Crippen LogP contribution in [0, 0.1) is 0 Å². The Morgan fingerprint density at radius 1 is 1.13 bits per heavy atom. The van der Waals surface area contributed by atoms with Crippen molar-refractivity contribution in [1.29, 1.82) is 0 Å². The van der Waals surface area contributed by atoms with Crippen molar-refractivity contribution in [2.24, 2.45) is 0 Å². The van der Waals surface area contributed by atoms with Gasteiger partial charge in [0.1, 0.15) is 0 Å². The number of carboxylic acids is 1. The number of benzene rings is 2. The maximum Gasteiger partial charge on any atom is 0.333 e. The van der Waals surface area contributed by atoms with E-state index in [1.807, 2.05) is 37.4 Å². The molecule has 0 spiro atoms. The highest BCUT2D eigenvalue weighted by Gasteiger charge is 2.17. The highest BCUT2D eigenvalue weighted by Crippen LogP contribution is 2.21. The molecule has 0 aliphatic rings. The highest BCUT2D eigenvalue weighted by molar-refractivity contribution is 5.73. The normalized spacial score (nSPS) is 12.1. The van der Waals surface area contributed by atoms with Crippen molar-refractivity contribution in [3.8, 4) is 11.1 Å². The molecule has 0 saturated heterocycles. The molecule has 23 heavy (non-hydrogen) atoms. The van der Waals surface area contributed by atoms with Crippen molar-refractivity contribution < 1.29 is 14.6 Å². The zero-order valence-corrected chi connectivity index (χ0v) is 13.6. The van der Waals surface area contributed by atoms with Crippen LogP contribution in [-0.4, -0.2) is 30.8 Å². The second kappa shape index (κ2) is 8.46. The Balaban J connectivity index is 2.12. The molecule has 4 nitrogen and oxygen atoms in total. The predicted molar refractivity (Wildman–Crippen MR) is 91.4 cm³/mol. The van der Waals surface area contributed by atoms with Crippen LogP contribution in [0.25, 0.3) is 11.1 Å². The van der Waals surface area contributed by atoms with E-state index in [0.29, 0.717) is 13.0 Å². The summed E-state index contributed by atoms with van der Waals surface area (Å²) in [4.78, 5) is 11.2. The molecule has 1 atom stereocenters. The fourth-order valence-electron chi connectivity index (χ4n) is 2.53. The van der Waals surface area contributed by atoms with Gasteiger partial charge in [0.05, 0.1) is 0 Å². The second-order valence-corrected chi connectivity index (χ2v) is 5.41. The number of aliphatic carboxylic acids is 1. The zero-order chi connectivity index (χ0) is 16.7. The lowest BCUT2D eigenvalue weighted by atomic mass is 10.00. The number of rotatable bonds is 8. The molecule has 2 rings (SSSR count). The Morgan fingerprint density at radius 3 is 2.48 bits per heavy atom. The van der Waals surface area contributed by atoms with Gasteiger partial charge in [0.2, 0.25) is 0 Å². The first-order chi connectivity index (χ1) is 11.1. The third-order valence-electron chi connectivity index (χ3n) is 3.66. The molecular weight excluding hydrogens is 290 g/mol. The van der Waals surface area contributed by atoms with Gasteiger partial charge in [0, 0.05) is 19.6 Å². The van der Waals surface area contributed by atoms with Gasteiger partial charge in [-0.1, -0.05) is 42.5 Å². The number of hydrogen-bond acceptors (Lipinski definition) is 3. The van der Waals surface area contributed by atoms with Crippen molar-refractivity contribution in [3.63, 3.8) is 0 Å². The predicted octanol–water partition coefficient (Wildman–Crippen LogP) is 3.11. The molecule has 4 heteroatoms. The molecule has 0 saturated carbocycles. The van der Waals surface area contributed by atoms with E-state index < -0.39 is 12.1 Å². The minimum Gasteiger partial charge on any atom is -0.479 e. The van der Waals surface area contributed by atoms with E-state index in [4.69, 9.17) is 9.84 Å². The molecule has 122 valence electrons. The molecular formula is C19H23NO3. The summed E-state index contributed by atoms with van der Waals surface area (Å²) in [5, 5.41) is 12.3. The summed E-state index contributed by atoms with van der Waals surface area (Å²) in [6.07, 6.45) is -0.409. The minimum atomic E-state index is -0.921. The van der Waals surface area contributed by atoms with E-state index in [2.05, 4.69) is 23.5 Å². The molecule has 2 aromatic rings. The summed E-state index contributed by atoms with van der Waals surface area (Å²) in [6.45, 7) is 3.03. The van der Waals surface area contributed by atoms with Gasteiger partial charge in [-0.15, -0.1) is 0 Å². The first-order valence-corrected chi connectivity index (χ1v) is 7.81. The first kappa shape index (κ1) is 17.2. The lowest BCUT2D eigenvalue weighted by Crippen LogP contribution is -2.26. The molecule has 0 heterocycles. The summed E-state index contributed by atoms with van der Waals surface area (Å²) in [7, 11) is 1.93. The topological polar surface area (TPSA) is 58.6 Å². The van der Waals surface area contributed by atoms with Gasteiger partial charge in [-0.25, -0.2) is 4.79 Å². The average Bonchev–Trinajstić information content (AvgIpc) is 2.55. The number of nitrogens with one attached hydrogen (secondary N) is 1. The van der Waals surface area contributed by atoms with Crippen LogP contribution in [0.2, 0.25) is 0 Å². The van der Waals surface area contributed by atoms with Crippen LogP contribution in [0.5, 0.6) is 0 Å². The van der Waals surface area contributed by atoms with E-state index in [-0.39, 0.29) is 0 Å². The third kappa shape index (κ3) is 4.91. The van der Waals surface area contributed by atoms with Gasteiger partial charge in [0.15, 0.2) is 6.10 Å². The summed E-state index contributed by atoms with van der Waals surface area (Å²) >= 11 is 0. The maximum absolute atomic E-state index is 11.2. The molecule has 0 bridgehead atoms. The lowest BCUT2D eigenvalue weighted by Gasteiger charge is -2.13. The third-order valence-corrected chi connectivity index (χ3v) is 3.66. The molecule has 0 radical (unpaired) electrons. The Kier molecular flexibility index (Phi) is 6.32. The Labute approximate surface area is 137 Å². The van der Waals surface area contributed by atoms with Crippen molar-refractivity contribution in [2.75, 3.05) is 13.7 Å². The van der Waals surface area contributed by atoms with E-state index in [1.54, 1.807) is 6.92 Å². The lowest BCUT2D eigenvalue weighted by molar-refractivity contribution is -0.149. The van der Waals surface area contributed by atoms with Gasteiger partial charge in [-0.3, -0.25) is 0 Å². The van der Waals surface area contributed by atoms with Crippen LogP contribution >= 0.6 is 0 Å². The highest BCUT2D eigenvalue weighted by atomic mass is 16.5.